The van der Waals surface area contributed by atoms with Crippen molar-refractivity contribution < 1.29 is 4.79 Å². The molecule has 5 rings (SSSR count). The van der Waals surface area contributed by atoms with Crippen LogP contribution in [0.1, 0.15) is 11.1 Å². The molecule has 2 N–H and O–H groups in total. The molecule has 1 unspecified atom stereocenters. The first-order valence-corrected chi connectivity index (χ1v) is 10.5. The highest BCUT2D eigenvalue weighted by Crippen LogP contribution is 2.34. The molecule has 1 fully saturated rings. The van der Waals surface area contributed by atoms with Gasteiger partial charge in [0, 0.05) is 30.9 Å². The molecule has 1 saturated heterocycles. The van der Waals surface area contributed by atoms with Gasteiger partial charge in [0.05, 0.1) is 17.9 Å². The third kappa shape index (κ3) is 3.74. The zero-order valence-electron chi connectivity index (χ0n) is 16.5. The molecule has 2 aromatic carbocycles. The number of nitrogens with one attached hydrogen (secondary N) is 2. The number of carbonyl (C=O) groups is 1. The van der Waals surface area contributed by atoms with Gasteiger partial charge < -0.3 is 15.5 Å². The molecule has 5 nitrogen and oxygen atoms in total. The summed E-state index contributed by atoms with van der Waals surface area (Å²) in [6.07, 6.45) is 6.61. The summed E-state index contributed by atoms with van der Waals surface area (Å²) in [4.78, 5) is 16.4. The minimum Gasteiger partial charge on any atom is -0.360 e. The first kappa shape index (κ1) is 19.0. The Labute approximate surface area is 181 Å². The summed E-state index contributed by atoms with van der Waals surface area (Å²) in [7, 11) is 0. The average Bonchev–Trinajstić information content (AvgIpc) is 3.12. The van der Waals surface area contributed by atoms with E-state index in [9.17, 15) is 4.79 Å². The smallest absolute Gasteiger partial charge is 0.234 e. The van der Waals surface area contributed by atoms with Gasteiger partial charge in [0.25, 0.3) is 0 Å². The van der Waals surface area contributed by atoms with Crippen molar-refractivity contribution in [2.24, 2.45) is 0 Å². The molecule has 3 aliphatic rings. The monoisotopic (exact) mass is 418 g/mol. The molecule has 152 valence electrons. The number of hydrogen-bond donors (Lipinski definition) is 2. The van der Waals surface area contributed by atoms with Crippen LogP contribution in [0.15, 0.2) is 78.6 Å². The van der Waals surface area contributed by atoms with E-state index in [0.717, 1.165) is 28.5 Å². The predicted molar refractivity (Wildman–Crippen MR) is 120 cm³/mol. The number of carbonyl (C=O) groups excluding carboxylic acids is 1. The first-order valence-electron chi connectivity index (χ1n) is 10.2. The van der Waals surface area contributed by atoms with Gasteiger partial charge in [-0.2, -0.15) is 0 Å². The molecule has 6 heteroatoms. The van der Waals surface area contributed by atoms with Crippen molar-refractivity contribution >= 4 is 28.8 Å². The van der Waals surface area contributed by atoms with E-state index < -0.39 is 0 Å². The largest absolute Gasteiger partial charge is 0.360 e. The van der Waals surface area contributed by atoms with Gasteiger partial charge in [-0.1, -0.05) is 60.1 Å². The number of allylic oxidation sites excluding steroid dienone is 2. The molecule has 0 aliphatic carbocycles. The summed E-state index contributed by atoms with van der Waals surface area (Å²) < 4.78 is 0. The lowest BCUT2D eigenvalue weighted by atomic mass is 10.0. The highest BCUT2D eigenvalue weighted by Gasteiger charge is 2.33. The fourth-order valence-corrected chi connectivity index (χ4v) is 4.28. The van der Waals surface area contributed by atoms with Crippen LogP contribution in [-0.2, 0) is 4.79 Å². The van der Waals surface area contributed by atoms with Crippen LogP contribution in [0, 0.1) is 0 Å². The van der Waals surface area contributed by atoms with Gasteiger partial charge in [0.15, 0.2) is 0 Å². The van der Waals surface area contributed by atoms with Gasteiger partial charge in [0.2, 0.25) is 5.91 Å². The summed E-state index contributed by atoms with van der Waals surface area (Å²) in [5.41, 5.74) is 5.68. The summed E-state index contributed by atoms with van der Waals surface area (Å²) in [5, 5.41) is 7.28. The molecule has 3 aliphatic heterocycles. The molecule has 2 aromatic rings. The van der Waals surface area contributed by atoms with E-state index in [0.29, 0.717) is 19.6 Å². The number of nitrogens with zero attached hydrogens (tertiary/aromatic N) is 2. The quantitative estimate of drug-likeness (QED) is 0.800. The normalized spacial score (nSPS) is 21.2. The van der Waals surface area contributed by atoms with Crippen LogP contribution >= 0.6 is 11.6 Å². The van der Waals surface area contributed by atoms with E-state index in [2.05, 4.69) is 63.1 Å². The maximum absolute atomic E-state index is 11.9. The van der Waals surface area contributed by atoms with Crippen LogP contribution in [-0.4, -0.2) is 48.1 Å². The number of rotatable bonds is 4. The molecule has 0 saturated carbocycles. The number of halogens is 1. The Morgan fingerprint density at radius 3 is 2.60 bits per heavy atom. The first-order chi connectivity index (χ1) is 14.7. The molecule has 0 radical (unpaired) electrons. The van der Waals surface area contributed by atoms with E-state index in [1.54, 1.807) is 0 Å². The van der Waals surface area contributed by atoms with Gasteiger partial charge in [-0.25, -0.2) is 0 Å². The Morgan fingerprint density at radius 1 is 1.03 bits per heavy atom. The summed E-state index contributed by atoms with van der Waals surface area (Å²) in [6, 6.07) is 18.3. The van der Waals surface area contributed by atoms with Crippen LogP contribution in [0.4, 0.5) is 0 Å². The van der Waals surface area contributed by atoms with Gasteiger partial charge in [-0.05, 0) is 34.9 Å². The third-order valence-electron chi connectivity index (χ3n) is 5.66. The maximum atomic E-state index is 11.9. The number of fused-ring (bicyclic) bond motifs is 1. The highest BCUT2D eigenvalue weighted by atomic mass is 35.5. The second kappa shape index (κ2) is 8.01. The zero-order valence-corrected chi connectivity index (χ0v) is 17.3. The van der Waals surface area contributed by atoms with Gasteiger partial charge in [-0.3, -0.25) is 9.69 Å². The van der Waals surface area contributed by atoms with E-state index >= 15 is 0 Å². The van der Waals surface area contributed by atoms with Gasteiger partial charge in [0.1, 0.15) is 6.17 Å². The van der Waals surface area contributed by atoms with Crippen molar-refractivity contribution in [1.29, 1.82) is 0 Å². The van der Waals surface area contributed by atoms with Crippen molar-refractivity contribution in [3.63, 3.8) is 0 Å². The van der Waals surface area contributed by atoms with Crippen molar-refractivity contribution in [1.82, 2.24) is 20.4 Å². The van der Waals surface area contributed by atoms with Crippen LogP contribution in [0.3, 0.4) is 0 Å². The molecule has 3 heterocycles. The molecule has 0 bridgehead atoms. The van der Waals surface area contributed by atoms with Crippen LogP contribution in [0.5, 0.6) is 0 Å². The second-order valence-corrected chi connectivity index (χ2v) is 8.13. The maximum Gasteiger partial charge on any atom is 0.234 e. The molecular weight excluding hydrogens is 396 g/mol. The number of amides is 1. The molecular formula is C24H23ClN4O. The second-order valence-electron chi connectivity index (χ2n) is 7.70. The van der Waals surface area contributed by atoms with Gasteiger partial charge >= 0.3 is 0 Å². The molecule has 30 heavy (non-hydrogen) atoms. The standard InChI is InChI=1S/C24H23ClN4O/c25-20-9-6-18(7-10-20)24-21(15-28-13-12-26-23(30)16-28)29-14-19(8-11-22(29)27-24)17-4-2-1-3-5-17/h1-11,14,22,27H,12-13,15-16H2,(H,26,30). The number of piperazine rings is 1. The highest BCUT2D eigenvalue weighted by molar-refractivity contribution is 6.30. The van der Waals surface area contributed by atoms with Crippen LogP contribution in [0.2, 0.25) is 5.02 Å². The Balaban J connectivity index is 1.53. The number of hydrogen-bond acceptors (Lipinski definition) is 4. The summed E-state index contributed by atoms with van der Waals surface area (Å²) in [6.45, 7) is 2.64. The minimum absolute atomic E-state index is 0.0526. The SMILES string of the molecule is O=C1CN(CC2=C(c3ccc(Cl)cc3)NC3C=CC(c4ccccc4)=CN23)CCN1. The fourth-order valence-electron chi connectivity index (χ4n) is 4.15. The fraction of sp³-hybridized carbons (Fsp3) is 0.208. The van der Waals surface area contributed by atoms with Crippen molar-refractivity contribution in [3.05, 3.63) is 94.8 Å². The van der Waals surface area contributed by atoms with E-state index in [-0.39, 0.29) is 12.1 Å². The lowest BCUT2D eigenvalue weighted by molar-refractivity contribution is -0.123. The van der Waals surface area contributed by atoms with Gasteiger partial charge in [-0.15, -0.1) is 0 Å². The Morgan fingerprint density at radius 2 is 1.83 bits per heavy atom. The third-order valence-corrected chi connectivity index (χ3v) is 5.91. The lowest BCUT2D eigenvalue weighted by Gasteiger charge is -2.32. The topological polar surface area (TPSA) is 47.6 Å². The van der Waals surface area contributed by atoms with Crippen LogP contribution in [0.25, 0.3) is 11.3 Å². The molecule has 1 atom stereocenters. The van der Waals surface area contributed by atoms with E-state index in [4.69, 9.17) is 11.6 Å². The Kier molecular flexibility index (Phi) is 5.07. The molecule has 1 amide bonds. The van der Waals surface area contributed by atoms with E-state index in [1.165, 1.54) is 11.1 Å². The number of benzene rings is 2. The minimum atomic E-state index is 0.0526. The summed E-state index contributed by atoms with van der Waals surface area (Å²) >= 11 is 6.12. The lowest BCUT2D eigenvalue weighted by Crippen LogP contribution is -2.49. The van der Waals surface area contributed by atoms with Crippen molar-refractivity contribution in [2.75, 3.05) is 26.2 Å². The Hall–Kier alpha value is -3.02. The van der Waals surface area contributed by atoms with Crippen molar-refractivity contribution in [3.8, 4) is 0 Å². The average molecular weight is 419 g/mol. The molecule has 0 spiro atoms. The van der Waals surface area contributed by atoms with Crippen LogP contribution < -0.4 is 10.6 Å². The summed E-state index contributed by atoms with van der Waals surface area (Å²) in [5.74, 6) is 0.0801. The Bertz CT molecular complexity index is 1040. The predicted octanol–water partition coefficient (Wildman–Crippen LogP) is 3.28. The van der Waals surface area contributed by atoms with Crippen molar-refractivity contribution in [2.45, 2.75) is 6.17 Å². The molecule has 0 aromatic heterocycles. The van der Waals surface area contributed by atoms with E-state index in [1.807, 2.05) is 30.3 Å². The zero-order chi connectivity index (χ0) is 20.5.